The van der Waals surface area contributed by atoms with E-state index < -0.39 is 11.8 Å². The van der Waals surface area contributed by atoms with Crippen molar-refractivity contribution < 1.29 is 14.7 Å². The number of amides is 2. The van der Waals surface area contributed by atoms with Crippen molar-refractivity contribution in [3.63, 3.8) is 0 Å². The smallest absolute Gasteiger partial charge is 0.265 e. The third-order valence-electron chi connectivity index (χ3n) is 2.54. The number of rotatable bonds is 1. The fraction of sp³-hybridized carbons (Fsp3) is 0.0833. The number of hydrogen-bond acceptors (Lipinski definition) is 4. The molecule has 0 spiro atoms. The number of para-hydroxylation sites is 1. The van der Waals surface area contributed by atoms with E-state index in [1.165, 1.54) is 24.1 Å². The molecule has 0 saturated carbocycles. The van der Waals surface area contributed by atoms with Crippen LogP contribution in [0, 0.1) is 0 Å². The van der Waals surface area contributed by atoms with Gasteiger partial charge < -0.3 is 5.11 Å². The summed E-state index contributed by atoms with van der Waals surface area (Å²) in [6.45, 7) is 0. The van der Waals surface area contributed by atoms with Gasteiger partial charge in [-0.3, -0.25) is 19.8 Å². The molecule has 1 fully saturated rings. The Morgan fingerprint density at radius 3 is 2.67 bits per heavy atom. The van der Waals surface area contributed by atoms with Gasteiger partial charge in [-0.2, -0.15) is 0 Å². The lowest BCUT2D eigenvalue weighted by Gasteiger charge is -2.25. The average molecular weight is 262 g/mol. The number of nitrogens with one attached hydrogen (secondary N) is 1. The van der Waals surface area contributed by atoms with Crippen molar-refractivity contribution >= 4 is 35.2 Å². The van der Waals surface area contributed by atoms with Gasteiger partial charge in [0.1, 0.15) is 11.3 Å². The monoisotopic (exact) mass is 262 g/mol. The summed E-state index contributed by atoms with van der Waals surface area (Å²) in [5.41, 5.74) is 0.338. The molecule has 1 aliphatic rings. The van der Waals surface area contributed by atoms with Gasteiger partial charge in [0.15, 0.2) is 5.11 Å². The molecule has 0 bridgehead atoms. The van der Waals surface area contributed by atoms with Crippen molar-refractivity contribution in [1.29, 1.82) is 0 Å². The highest BCUT2D eigenvalue weighted by molar-refractivity contribution is 7.80. The molecule has 92 valence electrons. The summed E-state index contributed by atoms with van der Waals surface area (Å²) in [6.07, 6.45) is 1.34. The Morgan fingerprint density at radius 2 is 2.00 bits per heavy atom. The number of hydrogen-bond donors (Lipinski definition) is 2. The molecule has 1 aromatic carbocycles. The maximum Gasteiger partial charge on any atom is 0.265 e. The molecule has 1 aromatic rings. The topological polar surface area (TPSA) is 69.6 Å². The Morgan fingerprint density at radius 1 is 1.33 bits per heavy atom. The summed E-state index contributed by atoms with van der Waals surface area (Å²) in [5.74, 6) is -1.06. The van der Waals surface area contributed by atoms with E-state index in [4.69, 9.17) is 12.2 Å². The maximum atomic E-state index is 11.9. The van der Waals surface area contributed by atoms with E-state index in [2.05, 4.69) is 5.32 Å². The summed E-state index contributed by atoms with van der Waals surface area (Å²) >= 11 is 4.82. The fourth-order valence-electron chi connectivity index (χ4n) is 1.51. The molecule has 0 atom stereocenters. The largest absolute Gasteiger partial charge is 0.507 e. The van der Waals surface area contributed by atoms with Crippen LogP contribution in [-0.2, 0) is 9.59 Å². The second-order valence-corrected chi connectivity index (χ2v) is 4.13. The number of benzene rings is 1. The van der Waals surface area contributed by atoms with E-state index in [9.17, 15) is 14.7 Å². The molecular formula is C12H10N2O3S. The summed E-state index contributed by atoms with van der Waals surface area (Å²) in [5, 5.41) is 12.1. The molecule has 6 heteroatoms. The summed E-state index contributed by atoms with van der Waals surface area (Å²) in [7, 11) is 1.47. The number of nitrogens with zero attached hydrogens (tertiary/aromatic N) is 1. The van der Waals surface area contributed by atoms with Gasteiger partial charge in [-0.25, -0.2) is 0 Å². The lowest BCUT2D eigenvalue weighted by Crippen LogP contribution is -2.52. The number of aromatic hydroxyl groups is 1. The minimum Gasteiger partial charge on any atom is -0.507 e. The lowest BCUT2D eigenvalue weighted by atomic mass is 10.1. The van der Waals surface area contributed by atoms with E-state index in [0.717, 1.165) is 0 Å². The van der Waals surface area contributed by atoms with E-state index in [1.54, 1.807) is 18.2 Å². The quantitative estimate of drug-likeness (QED) is 0.443. The van der Waals surface area contributed by atoms with Crippen molar-refractivity contribution in [3.05, 3.63) is 35.4 Å². The van der Waals surface area contributed by atoms with Gasteiger partial charge >= 0.3 is 0 Å². The van der Waals surface area contributed by atoms with Crippen molar-refractivity contribution in [3.8, 4) is 5.75 Å². The molecule has 1 heterocycles. The Hall–Kier alpha value is -2.21. The molecule has 2 rings (SSSR count). The van der Waals surface area contributed by atoms with Gasteiger partial charge in [0.2, 0.25) is 0 Å². The summed E-state index contributed by atoms with van der Waals surface area (Å²) < 4.78 is 0. The summed E-state index contributed by atoms with van der Waals surface area (Å²) in [6, 6.07) is 6.44. The van der Waals surface area contributed by atoms with Crippen LogP contribution < -0.4 is 5.32 Å². The van der Waals surface area contributed by atoms with Crippen LogP contribution >= 0.6 is 12.2 Å². The van der Waals surface area contributed by atoms with Crippen LogP contribution in [0.2, 0.25) is 0 Å². The van der Waals surface area contributed by atoms with Crippen LogP contribution in [0.1, 0.15) is 5.56 Å². The molecule has 0 aliphatic carbocycles. The van der Waals surface area contributed by atoms with Crippen molar-refractivity contribution in [2.24, 2.45) is 0 Å². The number of carbonyl (C=O) groups is 2. The maximum absolute atomic E-state index is 11.9. The zero-order valence-electron chi connectivity index (χ0n) is 9.51. The minimum atomic E-state index is -0.564. The van der Waals surface area contributed by atoms with Crippen LogP contribution in [0.3, 0.4) is 0 Å². The average Bonchev–Trinajstić information content (AvgIpc) is 2.34. The zero-order chi connectivity index (χ0) is 13.3. The summed E-state index contributed by atoms with van der Waals surface area (Å²) in [4.78, 5) is 24.7. The molecule has 2 N–H and O–H groups in total. The van der Waals surface area contributed by atoms with Gasteiger partial charge in [-0.05, 0) is 24.4 Å². The highest BCUT2D eigenvalue weighted by atomic mass is 32.1. The third-order valence-corrected chi connectivity index (χ3v) is 2.92. The van der Waals surface area contributed by atoms with Crippen LogP contribution in [0.4, 0.5) is 0 Å². The first-order valence-electron chi connectivity index (χ1n) is 5.14. The van der Waals surface area contributed by atoms with Gasteiger partial charge in [-0.15, -0.1) is 0 Å². The van der Waals surface area contributed by atoms with Crippen molar-refractivity contribution in [1.82, 2.24) is 10.2 Å². The second kappa shape index (κ2) is 4.58. The third kappa shape index (κ3) is 2.10. The minimum absolute atomic E-state index is 0.00130. The number of phenols is 1. The fourth-order valence-corrected chi connectivity index (χ4v) is 1.69. The van der Waals surface area contributed by atoms with Crippen LogP contribution in [0.25, 0.3) is 6.08 Å². The van der Waals surface area contributed by atoms with Gasteiger partial charge in [-0.1, -0.05) is 18.2 Å². The highest BCUT2D eigenvalue weighted by Crippen LogP contribution is 2.20. The predicted molar refractivity (Wildman–Crippen MR) is 69.6 cm³/mol. The normalized spacial score (nSPS) is 18.2. The van der Waals surface area contributed by atoms with Crippen molar-refractivity contribution in [2.45, 2.75) is 0 Å². The first kappa shape index (κ1) is 12.3. The molecule has 5 nitrogen and oxygen atoms in total. The van der Waals surface area contributed by atoms with Gasteiger partial charge in [0, 0.05) is 12.6 Å². The number of thiocarbonyl (C=S) groups is 1. The Kier molecular flexibility index (Phi) is 3.12. The predicted octanol–water partition coefficient (Wildman–Crippen LogP) is 0.649. The molecule has 0 radical (unpaired) electrons. The first-order valence-corrected chi connectivity index (χ1v) is 5.54. The van der Waals surface area contributed by atoms with E-state index in [-0.39, 0.29) is 16.4 Å². The van der Waals surface area contributed by atoms with Crippen LogP contribution in [-0.4, -0.2) is 34.0 Å². The highest BCUT2D eigenvalue weighted by Gasteiger charge is 2.30. The molecular weight excluding hydrogens is 252 g/mol. The number of carbonyl (C=O) groups excluding carboxylic acids is 2. The van der Waals surface area contributed by atoms with Crippen LogP contribution in [0.5, 0.6) is 5.75 Å². The Labute approximate surface area is 109 Å². The SMILES string of the molecule is CN1C(=O)/C(=C/c2ccccc2O)C(=O)NC1=S. The number of phenolic OH excluding ortho intramolecular Hbond substituents is 1. The van der Waals surface area contributed by atoms with E-state index in [1.807, 2.05) is 0 Å². The molecule has 2 amide bonds. The van der Waals surface area contributed by atoms with E-state index in [0.29, 0.717) is 5.56 Å². The molecule has 1 aliphatic heterocycles. The number of likely N-dealkylation sites (N-methyl/N-ethyl adjacent to an activating group) is 1. The van der Waals surface area contributed by atoms with Gasteiger partial charge in [0.25, 0.3) is 11.8 Å². The zero-order valence-corrected chi connectivity index (χ0v) is 10.3. The Bertz CT molecular complexity index is 580. The van der Waals surface area contributed by atoms with Crippen molar-refractivity contribution in [2.75, 3.05) is 7.05 Å². The molecule has 18 heavy (non-hydrogen) atoms. The Balaban J connectivity index is 2.44. The standard InChI is InChI=1S/C12H10N2O3S/c1-14-11(17)8(10(16)13-12(14)18)6-7-4-2-3-5-9(7)15/h2-6,15H,1H3,(H,13,16,18)/b8-6+. The second-order valence-electron chi connectivity index (χ2n) is 3.74. The van der Waals surface area contributed by atoms with E-state index >= 15 is 0 Å². The molecule has 0 aromatic heterocycles. The van der Waals surface area contributed by atoms with Crippen LogP contribution in [0.15, 0.2) is 29.8 Å². The molecule has 0 unspecified atom stereocenters. The molecule has 1 saturated heterocycles. The first-order chi connectivity index (χ1) is 8.50. The lowest BCUT2D eigenvalue weighted by molar-refractivity contribution is -0.128. The van der Waals surface area contributed by atoms with Gasteiger partial charge in [0.05, 0.1) is 0 Å².